The molecule has 2 aromatic rings. The van der Waals surface area contributed by atoms with E-state index >= 15 is 0 Å². The molecule has 0 fully saturated rings. The van der Waals surface area contributed by atoms with Crippen LogP contribution < -0.4 is 9.64 Å². The SMILES string of the molecule is Cc1ccc(C2=C(Cl)C(=O)N(c3ccc(OC(C)C)cc3)C2=O)cc1C. The highest BCUT2D eigenvalue weighted by Crippen LogP contribution is 2.35. The van der Waals surface area contributed by atoms with Crippen molar-refractivity contribution >= 4 is 34.7 Å². The van der Waals surface area contributed by atoms with Crippen molar-refractivity contribution in [3.63, 3.8) is 0 Å². The molecular formula is C21H20ClNO3. The molecule has 0 radical (unpaired) electrons. The van der Waals surface area contributed by atoms with Crippen LogP contribution in [-0.2, 0) is 9.59 Å². The van der Waals surface area contributed by atoms with Crippen LogP contribution in [0.2, 0.25) is 0 Å². The van der Waals surface area contributed by atoms with Gasteiger partial charge in [0.15, 0.2) is 0 Å². The number of benzene rings is 2. The fourth-order valence-corrected chi connectivity index (χ4v) is 3.11. The Kier molecular flexibility index (Phi) is 4.88. The normalized spacial score (nSPS) is 14.6. The molecule has 0 unspecified atom stereocenters. The monoisotopic (exact) mass is 369 g/mol. The zero-order valence-electron chi connectivity index (χ0n) is 15.2. The van der Waals surface area contributed by atoms with Crippen LogP contribution in [0.15, 0.2) is 47.5 Å². The second kappa shape index (κ2) is 6.96. The van der Waals surface area contributed by atoms with E-state index in [2.05, 4.69) is 0 Å². The summed E-state index contributed by atoms with van der Waals surface area (Å²) in [5.41, 5.74) is 3.50. The van der Waals surface area contributed by atoms with Gasteiger partial charge < -0.3 is 4.74 Å². The Morgan fingerprint density at radius 1 is 0.923 bits per heavy atom. The maximum atomic E-state index is 12.9. The van der Waals surface area contributed by atoms with Gasteiger partial charge in [0.25, 0.3) is 11.8 Å². The Bertz CT molecular complexity index is 913. The lowest BCUT2D eigenvalue weighted by Crippen LogP contribution is -2.31. The van der Waals surface area contributed by atoms with Crippen LogP contribution in [0.4, 0.5) is 5.69 Å². The number of anilines is 1. The highest BCUT2D eigenvalue weighted by atomic mass is 35.5. The first-order chi connectivity index (χ1) is 12.3. The highest BCUT2D eigenvalue weighted by Gasteiger charge is 2.39. The first kappa shape index (κ1) is 18.2. The predicted octanol–water partition coefficient (Wildman–Crippen LogP) is 4.61. The molecule has 0 saturated heterocycles. The van der Waals surface area contributed by atoms with E-state index < -0.39 is 11.8 Å². The van der Waals surface area contributed by atoms with Gasteiger partial charge in [-0.05, 0) is 68.7 Å². The first-order valence-corrected chi connectivity index (χ1v) is 8.80. The zero-order chi connectivity index (χ0) is 19.0. The standard InChI is InChI=1S/C21H20ClNO3/c1-12(2)26-17-9-7-16(8-10-17)23-20(24)18(19(22)21(23)25)15-6-5-13(3)14(4)11-15/h5-12H,1-4H3. The number of amides is 2. The average molecular weight is 370 g/mol. The van der Waals surface area contributed by atoms with Gasteiger partial charge >= 0.3 is 0 Å². The Morgan fingerprint density at radius 2 is 1.58 bits per heavy atom. The molecular weight excluding hydrogens is 350 g/mol. The summed E-state index contributed by atoms with van der Waals surface area (Å²) in [5.74, 6) is -0.250. The summed E-state index contributed by atoms with van der Waals surface area (Å²) in [6, 6.07) is 12.4. The lowest BCUT2D eigenvalue weighted by atomic mass is 10.0. The van der Waals surface area contributed by atoms with E-state index in [0.29, 0.717) is 17.0 Å². The highest BCUT2D eigenvalue weighted by molar-refractivity contribution is 6.60. The Balaban J connectivity index is 1.94. The maximum absolute atomic E-state index is 12.9. The van der Waals surface area contributed by atoms with Crippen molar-refractivity contribution < 1.29 is 14.3 Å². The number of imide groups is 1. The molecule has 0 aromatic heterocycles. The summed E-state index contributed by atoms with van der Waals surface area (Å²) in [7, 11) is 0. The Hall–Kier alpha value is -2.59. The van der Waals surface area contributed by atoms with Gasteiger partial charge in [0.1, 0.15) is 10.8 Å². The quantitative estimate of drug-likeness (QED) is 0.739. The van der Waals surface area contributed by atoms with Crippen LogP contribution in [0.3, 0.4) is 0 Å². The van der Waals surface area contributed by atoms with Gasteiger partial charge in [-0.3, -0.25) is 9.59 Å². The van der Waals surface area contributed by atoms with Crippen molar-refractivity contribution in [3.05, 3.63) is 64.2 Å². The molecule has 2 aromatic carbocycles. The lowest BCUT2D eigenvalue weighted by molar-refractivity contribution is -0.119. The molecule has 0 aliphatic carbocycles. The summed E-state index contributed by atoms with van der Waals surface area (Å²) in [4.78, 5) is 26.6. The molecule has 1 aliphatic heterocycles. The van der Waals surface area contributed by atoms with Crippen molar-refractivity contribution in [2.75, 3.05) is 4.90 Å². The number of halogens is 1. The number of carbonyl (C=O) groups is 2. The lowest BCUT2D eigenvalue weighted by Gasteiger charge is -2.16. The topological polar surface area (TPSA) is 46.6 Å². The van der Waals surface area contributed by atoms with Gasteiger partial charge in [-0.2, -0.15) is 0 Å². The number of aryl methyl sites for hydroxylation is 2. The number of nitrogens with zero attached hydrogens (tertiary/aromatic N) is 1. The predicted molar refractivity (Wildman–Crippen MR) is 103 cm³/mol. The summed E-state index contributed by atoms with van der Waals surface area (Å²) in [5, 5.41) is -0.0549. The minimum absolute atomic E-state index is 0.0448. The Labute approximate surface area is 158 Å². The average Bonchev–Trinajstić information content (AvgIpc) is 2.80. The maximum Gasteiger partial charge on any atom is 0.277 e. The van der Waals surface area contributed by atoms with Crippen molar-refractivity contribution in [2.45, 2.75) is 33.8 Å². The van der Waals surface area contributed by atoms with E-state index in [-0.39, 0.29) is 16.7 Å². The number of ether oxygens (including phenoxy) is 1. The minimum atomic E-state index is -0.512. The molecule has 0 saturated carbocycles. The van der Waals surface area contributed by atoms with Gasteiger partial charge in [0.05, 0.1) is 17.4 Å². The Morgan fingerprint density at radius 3 is 2.15 bits per heavy atom. The summed E-state index contributed by atoms with van der Waals surface area (Å²) in [6.07, 6.45) is 0.0448. The molecule has 0 N–H and O–H groups in total. The molecule has 4 nitrogen and oxygen atoms in total. The largest absolute Gasteiger partial charge is 0.491 e. The van der Waals surface area contributed by atoms with E-state index in [9.17, 15) is 9.59 Å². The van der Waals surface area contributed by atoms with E-state index in [1.54, 1.807) is 24.3 Å². The van der Waals surface area contributed by atoms with Crippen LogP contribution in [-0.4, -0.2) is 17.9 Å². The van der Waals surface area contributed by atoms with Crippen LogP contribution in [0.1, 0.15) is 30.5 Å². The van der Waals surface area contributed by atoms with E-state index in [1.807, 2.05) is 45.9 Å². The summed E-state index contributed by atoms with van der Waals surface area (Å²) < 4.78 is 5.60. The molecule has 1 aliphatic rings. The zero-order valence-corrected chi connectivity index (χ0v) is 15.9. The van der Waals surface area contributed by atoms with Crippen molar-refractivity contribution in [1.29, 1.82) is 0 Å². The smallest absolute Gasteiger partial charge is 0.277 e. The third kappa shape index (κ3) is 3.25. The molecule has 0 atom stereocenters. The van der Waals surface area contributed by atoms with Gasteiger partial charge in [0.2, 0.25) is 0 Å². The van der Waals surface area contributed by atoms with Gasteiger partial charge in [0, 0.05) is 0 Å². The van der Waals surface area contributed by atoms with Gasteiger partial charge in [-0.1, -0.05) is 29.8 Å². The fraction of sp³-hybridized carbons (Fsp3) is 0.238. The third-order valence-corrected chi connectivity index (χ3v) is 4.64. The van der Waals surface area contributed by atoms with Crippen LogP contribution in [0.5, 0.6) is 5.75 Å². The number of hydrogen-bond acceptors (Lipinski definition) is 3. The van der Waals surface area contributed by atoms with Crippen molar-refractivity contribution in [3.8, 4) is 5.75 Å². The number of rotatable bonds is 4. The molecule has 0 spiro atoms. The van der Waals surface area contributed by atoms with E-state index in [0.717, 1.165) is 16.0 Å². The molecule has 3 rings (SSSR count). The van der Waals surface area contributed by atoms with E-state index in [1.165, 1.54) is 0 Å². The van der Waals surface area contributed by atoms with E-state index in [4.69, 9.17) is 16.3 Å². The van der Waals surface area contributed by atoms with Crippen LogP contribution in [0.25, 0.3) is 5.57 Å². The third-order valence-electron chi connectivity index (χ3n) is 4.29. The first-order valence-electron chi connectivity index (χ1n) is 8.42. The molecule has 5 heteroatoms. The van der Waals surface area contributed by atoms with Gasteiger partial charge in [-0.15, -0.1) is 0 Å². The molecule has 0 bridgehead atoms. The van der Waals surface area contributed by atoms with Gasteiger partial charge in [-0.25, -0.2) is 4.90 Å². The summed E-state index contributed by atoms with van der Waals surface area (Å²) in [6.45, 7) is 7.81. The molecule has 26 heavy (non-hydrogen) atoms. The molecule has 134 valence electrons. The fourth-order valence-electron chi connectivity index (χ4n) is 2.83. The van der Waals surface area contributed by atoms with Crippen LogP contribution >= 0.6 is 11.6 Å². The molecule has 1 heterocycles. The summed E-state index contributed by atoms with van der Waals surface area (Å²) >= 11 is 6.24. The minimum Gasteiger partial charge on any atom is -0.491 e. The second-order valence-electron chi connectivity index (χ2n) is 6.59. The van der Waals surface area contributed by atoms with Crippen molar-refractivity contribution in [1.82, 2.24) is 0 Å². The van der Waals surface area contributed by atoms with Crippen LogP contribution in [0, 0.1) is 13.8 Å². The second-order valence-corrected chi connectivity index (χ2v) is 6.97. The van der Waals surface area contributed by atoms with Crippen molar-refractivity contribution in [2.24, 2.45) is 0 Å². The number of carbonyl (C=O) groups excluding carboxylic acids is 2. The molecule has 2 amide bonds. The number of hydrogen-bond donors (Lipinski definition) is 0.